The highest BCUT2D eigenvalue weighted by molar-refractivity contribution is 5.92. The highest BCUT2D eigenvalue weighted by Crippen LogP contribution is 2.81. The molecule has 1 aromatic heterocycles. The van der Waals surface area contributed by atoms with Crippen molar-refractivity contribution >= 4 is 17.7 Å². The second-order valence-corrected chi connectivity index (χ2v) is 21.5. The van der Waals surface area contributed by atoms with Crippen LogP contribution in [0, 0.1) is 57.2 Å². The highest BCUT2D eigenvalue weighted by Gasteiger charge is 2.92. The minimum Gasteiger partial charge on any atom is -0.469 e. The Morgan fingerprint density at radius 2 is 1.77 bits per heavy atom. The zero-order chi connectivity index (χ0) is 42.2. The number of rotatable bonds is 10. The first-order chi connectivity index (χ1) is 28.6. The SMILES string of the molecule is CC(C)CC[C@]1(C)O[C@H]2C3(CCCC3)C(=O)OC[C@]23[C@H]2CC[C@@]4(C)[C@H](c5ccoc5C[C@H]([C@H](O)CO)[C@H]5C=C[C@@H]([C@@H]6CNCN6)CC5)OC(=O)[C@H]5O[C@]54[C@]2(C)[C@H](O)C(=O)[C@@H]31. The fraction of sp³-hybridized carbons (Fsp3) is 0.809. The maximum Gasteiger partial charge on any atom is 0.339 e. The summed E-state index contributed by atoms with van der Waals surface area (Å²) in [5.74, 6) is -1.25. The average molecular weight is 835 g/mol. The van der Waals surface area contributed by atoms with Crippen LogP contribution in [0.3, 0.4) is 0 Å². The molecule has 0 amide bonds. The molecule has 330 valence electrons. The van der Waals surface area contributed by atoms with Gasteiger partial charge in [0.25, 0.3) is 0 Å². The summed E-state index contributed by atoms with van der Waals surface area (Å²) >= 11 is 0. The standard InChI is InChI=1S/C47H66N2O11/c1-25(2)12-18-43(4)35-34(52)36(53)44(5)33(46(35)23-57-41(55)45(40(46)60-43)15-6-7-16-45)13-17-42(3)37(58-39(54)38-47(42,44)59-38)28-14-19-56-32(28)20-29(31(51)22-50)26-8-10-27(11-9-26)30-21-48-24-49-30/h8,10,14,19,25-27,29-31,33,35-38,40,48-51,53H,6-7,9,11-13,15-18,20-24H2,1-5H3/t26-,27+,29-,30-,31+,33-,35+,36+,37-,38+,40-,42-,43-,44-,46+,47+/m0/s1. The lowest BCUT2D eigenvalue weighted by Crippen LogP contribution is -2.77. The van der Waals surface area contributed by atoms with Gasteiger partial charge in [-0.3, -0.25) is 14.9 Å². The summed E-state index contributed by atoms with van der Waals surface area (Å²) in [5, 5.41) is 41.3. The Morgan fingerprint density at radius 1 is 0.983 bits per heavy atom. The number of ketones is 1. The van der Waals surface area contributed by atoms with E-state index in [-0.39, 0.29) is 36.1 Å². The molecule has 3 spiro atoms. The van der Waals surface area contributed by atoms with Crippen LogP contribution in [-0.4, -0.2) is 101 Å². The number of nitrogens with one attached hydrogen (secondary N) is 2. The van der Waals surface area contributed by atoms with E-state index in [4.69, 9.17) is 23.4 Å². The molecular formula is C47H66N2O11. The molecule has 60 heavy (non-hydrogen) atoms. The number of Topliss-reactive ketones (excluding diaryl/α,β-unsaturated/α-hetero) is 1. The zero-order valence-corrected chi connectivity index (χ0v) is 36.0. The van der Waals surface area contributed by atoms with Crippen LogP contribution >= 0.6 is 0 Å². The second kappa shape index (κ2) is 14.2. The molecule has 0 aromatic carbocycles. The van der Waals surface area contributed by atoms with E-state index in [1.165, 1.54) is 0 Å². The highest BCUT2D eigenvalue weighted by atomic mass is 16.7. The second-order valence-electron chi connectivity index (χ2n) is 21.5. The molecule has 0 radical (unpaired) electrons. The molecule has 3 saturated carbocycles. The molecule has 5 N–H and O–H groups in total. The molecule has 5 saturated heterocycles. The van der Waals surface area contributed by atoms with Gasteiger partial charge in [0, 0.05) is 53.4 Å². The first-order valence-corrected chi connectivity index (χ1v) is 23.1. The van der Waals surface area contributed by atoms with Crippen molar-refractivity contribution in [2.75, 3.05) is 26.4 Å². The van der Waals surface area contributed by atoms with Crippen molar-refractivity contribution in [3.8, 4) is 0 Å². The van der Waals surface area contributed by atoms with E-state index in [0.29, 0.717) is 67.7 Å². The van der Waals surface area contributed by atoms with Crippen LogP contribution in [0.25, 0.3) is 0 Å². The molecule has 13 nitrogen and oxygen atoms in total. The minimum atomic E-state index is -1.47. The predicted octanol–water partition coefficient (Wildman–Crippen LogP) is 4.31. The quantitative estimate of drug-likeness (QED) is 0.128. The van der Waals surface area contributed by atoms with E-state index >= 15 is 4.79 Å². The number of hydrogen-bond acceptors (Lipinski definition) is 13. The summed E-state index contributed by atoms with van der Waals surface area (Å²) in [6, 6.07) is 2.20. The summed E-state index contributed by atoms with van der Waals surface area (Å²) in [7, 11) is 0. The molecule has 13 heteroatoms. The summed E-state index contributed by atoms with van der Waals surface area (Å²) in [5.41, 5.74) is -5.52. The zero-order valence-electron chi connectivity index (χ0n) is 36.0. The van der Waals surface area contributed by atoms with Gasteiger partial charge in [-0.05, 0) is 88.0 Å². The average Bonchev–Trinajstić information content (AvgIpc) is 3.72. The Balaban J connectivity index is 1.02. The minimum absolute atomic E-state index is 0.00630. The number of allylic oxidation sites excluding steroid dienone is 1. The molecule has 9 aliphatic rings. The van der Waals surface area contributed by atoms with Gasteiger partial charge in [0.1, 0.15) is 30.2 Å². The molecule has 1 aromatic rings. The summed E-state index contributed by atoms with van der Waals surface area (Å²) in [6.45, 7) is 11.7. The Morgan fingerprint density at radius 3 is 2.45 bits per heavy atom. The Bertz CT molecular complexity index is 1920. The largest absolute Gasteiger partial charge is 0.469 e. The van der Waals surface area contributed by atoms with Gasteiger partial charge in [-0.25, -0.2) is 4.79 Å². The van der Waals surface area contributed by atoms with Gasteiger partial charge in [-0.15, -0.1) is 0 Å². The number of esters is 2. The summed E-state index contributed by atoms with van der Waals surface area (Å²) in [6.07, 6.45) is 8.75. The fourth-order valence-electron chi connectivity index (χ4n) is 15.5. The van der Waals surface area contributed by atoms with E-state index in [1.54, 1.807) is 6.26 Å². The molecule has 0 bridgehead atoms. The normalized spacial score (nSPS) is 47.2. The van der Waals surface area contributed by atoms with Crippen molar-refractivity contribution in [3.05, 3.63) is 35.8 Å². The van der Waals surface area contributed by atoms with Crippen molar-refractivity contribution in [2.45, 2.75) is 153 Å². The first-order valence-electron chi connectivity index (χ1n) is 23.1. The lowest BCUT2D eigenvalue weighted by molar-refractivity contribution is -0.264. The number of aliphatic hydroxyl groups excluding tert-OH is 3. The molecule has 0 unspecified atom stereocenters. The monoisotopic (exact) mass is 834 g/mol. The third-order valence-electron chi connectivity index (χ3n) is 18.4. The van der Waals surface area contributed by atoms with E-state index in [9.17, 15) is 24.9 Å². The summed E-state index contributed by atoms with van der Waals surface area (Å²) < 4.78 is 33.0. The molecule has 6 heterocycles. The third kappa shape index (κ3) is 5.32. The molecular weight excluding hydrogens is 769 g/mol. The topological polar surface area (TPSA) is 189 Å². The molecule has 10 rings (SSSR count). The third-order valence-corrected chi connectivity index (χ3v) is 18.4. The van der Waals surface area contributed by atoms with Crippen LogP contribution in [0.5, 0.6) is 0 Å². The van der Waals surface area contributed by atoms with Crippen LogP contribution in [0.15, 0.2) is 28.9 Å². The summed E-state index contributed by atoms with van der Waals surface area (Å²) in [4.78, 5) is 43.7. The van der Waals surface area contributed by atoms with Crippen LogP contribution in [0.1, 0.15) is 116 Å². The number of aliphatic hydroxyl groups is 3. The van der Waals surface area contributed by atoms with Gasteiger partial charge in [0.15, 0.2) is 11.9 Å². The van der Waals surface area contributed by atoms with Crippen LogP contribution in [0.4, 0.5) is 0 Å². The van der Waals surface area contributed by atoms with Crippen LogP contribution in [0.2, 0.25) is 0 Å². The van der Waals surface area contributed by atoms with E-state index in [1.807, 2.05) is 19.9 Å². The number of epoxide rings is 1. The van der Waals surface area contributed by atoms with Crippen LogP contribution in [-0.2, 0) is 39.8 Å². The van der Waals surface area contributed by atoms with Crippen molar-refractivity contribution in [3.63, 3.8) is 0 Å². The molecule has 8 fully saturated rings. The van der Waals surface area contributed by atoms with Crippen LogP contribution < -0.4 is 10.6 Å². The van der Waals surface area contributed by atoms with E-state index in [0.717, 1.165) is 45.3 Å². The lowest BCUT2D eigenvalue weighted by atomic mass is 9.35. The first kappa shape index (κ1) is 41.4. The van der Waals surface area contributed by atoms with Crippen molar-refractivity contribution in [2.24, 2.45) is 57.2 Å². The number of hydrogen-bond donors (Lipinski definition) is 5. The Hall–Kier alpha value is -2.65. The van der Waals surface area contributed by atoms with Gasteiger partial charge in [-0.1, -0.05) is 52.7 Å². The van der Waals surface area contributed by atoms with Gasteiger partial charge in [-0.2, -0.15) is 0 Å². The number of furan rings is 1. The van der Waals surface area contributed by atoms with Gasteiger partial charge < -0.3 is 44.0 Å². The van der Waals surface area contributed by atoms with Gasteiger partial charge >= 0.3 is 11.9 Å². The Kier molecular flexibility index (Phi) is 9.77. The van der Waals surface area contributed by atoms with E-state index in [2.05, 4.69) is 43.6 Å². The van der Waals surface area contributed by atoms with Gasteiger partial charge in [0.05, 0.1) is 42.0 Å². The number of carbonyl (C=O) groups is 3. The van der Waals surface area contributed by atoms with Crippen molar-refractivity contribution in [1.29, 1.82) is 0 Å². The predicted molar refractivity (Wildman–Crippen MR) is 216 cm³/mol. The number of ether oxygens (including phenoxy) is 4. The fourth-order valence-corrected chi connectivity index (χ4v) is 15.5. The van der Waals surface area contributed by atoms with Crippen molar-refractivity contribution < 1.29 is 53.1 Å². The van der Waals surface area contributed by atoms with E-state index < -0.39 is 81.9 Å². The molecule has 16 atom stereocenters. The lowest BCUT2D eigenvalue weighted by Gasteiger charge is -2.67. The maximum atomic E-state index is 15.4. The smallest absolute Gasteiger partial charge is 0.339 e. The van der Waals surface area contributed by atoms with Gasteiger partial charge in [0.2, 0.25) is 0 Å². The number of fused-ring (bicyclic) bond motifs is 2. The Labute approximate surface area is 353 Å². The number of cyclic esters (lactones) is 2. The number of carbonyl (C=O) groups excluding carboxylic acids is 3. The maximum absolute atomic E-state index is 15.4. The van der Waals surface area contributed by atoms with Crippen molar-refractivity contribution in [1.82, 2.24) is 10.6 Å². The molecule has 4 aliphatic carbocycles. The molecule has 5 aliphatic heterocycles.